The number of amides is 1. The fourth-order valence-corrected chi connectivity index (χ4v) is 3.76. The van der Waals surface area contributed by atoms with Crippen molar-refractivity contribution < 1.29 is 33.7 Å². The van der Waals surface area contributed by atoms with E-state index in [4.69, 9.17) is 14.2 Å². The molecule has 0 aliphatic heterocycles. The zero-order chi connectivity index (χ0) is 25.4. The van der Waals surface area contributed by atoms with E-state index < -0.39 is 24.3 Å². The number of anilines is 1. The van der Waals surface area contributed by atoms with E-state index in [-0.39, 0.29) is 30.3 Å². The maximum Gasteiger partial charge on any atom is 0.412 e. The molecule has 0 spiro atoms. The number of aromatic hydroxyl groups is 1. The molecule has 0 aliphatic rings. The van der Waals surface area contributed by atoms with Gasteiger partial charge in [0.15, 0.2) is 11.9 Å². The van der Waals surface area contributed by atoms with Gasteiger partial charge >= 0.3 is 12.1 Å². The summed E-state index contributed by atoms with van der Waals surface area (Å²) < 4.78 is 16.6. The highest BCUT2D eigenvalue weighted by Gasteiger charge is 2.29. The van der Waals surface area contributed by atoms with Crippen LogP contribution in [0, 0.1) is 0 Å². The molecule has 1 amide bonds. The van der Waals surface area contributed by atoms with Crippen LogP contribution >= 0.6 is 12.6 Å². The van der Waals surface area contributed by atoms with E-state index in [0.29, 0.717) is 27.6 Å². The number of Topliss-reactive ketones (excluding diaryl/α,β-unsaturated/α-hetero) is 1. The van der Waals surface area contributed by atoms with E-state index in [2.05, 4.69) is 17.9 Å². The average molecular weight is 498 g/mol. The third kappa shape index (κ3) is 6.74. The lowest BCUT2D eigenvalue weighted by atomic mass is 9.95. The fraction of sp³-hybridized carbons (Fsp3) is 0.269. The predicted molar refractivity (Wildman–Crippen MR) is 135 cm³/mol. The Morgan fingerprint density at radius 3 is 2.31 bits per heavy atom. The summed E-state index contributed by atoms with van der Waals surface area (Å²) in [4.78, 5) is 35.9. The van der Waals surface area contributed by atoms with Crippen LogP contribution in [0.2, 0.25) is 0 Å². The summed E-state index contributed by atoms with van der Waals surface area (Å²) in [5.74, 6) is -0.511. The molecule has 3 aromatic rings. The molecule has 0 saturated heterocycles. The van der Waals surface area contributed by atoms with Crippen molar-refractivity contribution in [3.63, 3.8) is 0 Å². The Hall–Kier alpha value is -3.56. The topological polar surface area (TPSA) is 111 Å². The highest BCUT2D eigenvalue weighted by molar-refractivity contribution is 7.81. The zero-order valence-corrected chi connectivity index (χ0v) is 20.3. The average Bonchev–Trinajstić information content (AvgIpc) is 2.86. The number of nitrogens with one attached hydrogen (secondary N) is 1. The second kappa shape index (κ2) is 12.2. The molecular formula is C26H27NO7S. The molecule has 8 nitrogen and oxygen atoms in total. The Morgan fingerprint density at radius 2 is 1.69 bits per heavy atom. The van der Waals surface area contributed by atoms with Gasteiger partial charge in [0, 0.05) is 35.7 Å². The minimum atomic E-state index is -0.892. The lowest BCUT2D eigenvalue weighted by Crippen LogP contribution is -2.29. The van der Waals surface area contributed by atoms with Gasteiger partial charge in [-0.25, -0.2) is 4.79 Å². The summed E-state index contributed by atoms with van der Waals surface area (Å²) in [5, 5.41) is 14.2. The molecule has 0 saturated carbocycles. The molecule has 0 unspecified atom stereocenters. The van der Waals surface area contributed by atoms with Crippen molar-refractivity contribution in [1.82, 2.24) is 0 Å². The van der Waals surface area contributed by atoms with Gasteiger partial charge in [0.05, 0.1) is 12.4 Å². The highest BCUT2D eigenvalue weighted by Crippen LogP contribution is 2.35. The van der Waals surface area contributed by atoms with Gasteiger partial charge in [0.2, 0.25) is 0 Å². The van der Waals surface area contributed by atoms with Crippen molar-refractivity contribution >= 4 is 46.9 Å². The van der Waals surface area contributed by atoms with E-state index in [1.165, 1.54) is 20.1 Å². The number of esters is 1. The number of methoxy groups -OCH3 is 1. The number of thiol groups is 1. The standard InChI is InChI=1S/C26H27NO7S/c1-16(28)17-7-9-18(10-8-17)27-26(31)34-25(23(32-2)13-14-33-24(30)15-35)21-11-12-22(29)20-6-4-3-5-19(20)21/h3-12,23,25,29,35H,13-15H2,1-2H3,(H,27,31)/t23-,25-/m1/s1. The number of carbonyl (C=O) groups is 3. The molecule has 0 aliphatic carbocycles. The van der Waals surface area contributed by atoms with Crippen LogP contribution in [0.4, 0.5) is 10.5 Å². The number of ether oxygens (including phenoxy) is 3. The SMILES string of the molecule is CO[C@H](CCOC(=O)CS)[C@H](OC(=O)Nc1ccc(C(C)=O)cc1)c1ccc(O)c2ccccc12. The Bertz CT molecular complexity index is 1200. The molecule has 0 fully saturated rings. The first-order valence-electron chi connectivity index (χ1n) is 10.9. The largest absolute Gasteiger partial charge is 0.507 e. The number of benzene rings is 3. The van der Waals surface area contributed by atoms with Gasteiger partial charge in [0.25, 0.3) is 0 Å². The van der Waals surface area contributed by atoms with Crippen molar-refractivity contribution in [1.29, 1.82) is 0 Å². The molecule has 0 heterocycles. The molecular weight excluding hydrogens is 470 g/mol. The van der Waals surface area contributed by atoms with Gasteiger partial charge in [-0.1, -0.05) is 30.3 Å². The van der Waals surface area contributed by atoms with Crippen molar-refractivity contribution in [2.45, 2.75) is 25.6 Å². The zero-order valence-electron chi connectivity index (χ0n) is 19.4. The molecule has 0 radical (unpaired) electrons. The van der Waals surface area contributed by atoms with Crippen LogP contribution in [0.3, 0.4) is 0 Å². The summed E-state index contributed by atoms with van der Waals surface area (Å²) in [6.07, 6.45) is -2.05. The van der Waals surface area contributed by atoms with Crippen LogP contribution in [0.5, 0.6) is 5.75 Å². The quantitative estimate of drug-likeness (QED) is 0.207. The molecule has 0 aromatic heterocycles. The number of carbonyl (C=O) groups excluding carboxylic acids is 3. The Kier molecular flexibility index (Phi) is 9.11. The van der Waals surface area contributed by atoms with Crippen molar-refractivity contribution in [3.8, 4) is 5.75 Å². The number of hydrogen-bond donors (Lipinski definition) is 3. The van der Waals surface area contributed by atoms with Crippen molar-refractivity contribution in [2.75, 3.05) is 24.8 Å². The van der Waals surface area contributed by atoms with Gasteiger partial charge in [0.1, 0.15) is 11.9 Å². The summed E-state index contributed by atoms with van der Waals surface area (Å²) in [6, 6.07) is 16.8. The molecule has 3 aromatic carbocycles. The third-order valence-corrected chi connectivity index (χ3v) is 5.71. The molecule has 3 rings (SSSR count). The van der Waals surface area contributed by atoms with Crippen LogP contribution in [-0.4, -0.2) is 48.5 Å². The Labute approximate surface area is 208 Å². The van der Waals surface area contributed by atoms with E-state index in [0.717, 1.165) is 0 Å². The van der Waals surface area contributed by atoms with Crippen LogP contribution in [0.1, 0.15) is 35.4 Å². The summed E-state index contributed by atoms with van der Waals surface area (Å²) >= 11 is 3.90. The van der Waals surface area contributed by atoms with Crippen LogP contribution < -0.4 is 5.32 Å². The van der Waals surface area contributed by atoms with E-state index >= 15 is 0 Å². The van der Waals surface area contributed by atoms with Crippen molar-refractivity contribution in [2.24, 2.45) is 0 Å². The summed E-state index contributed by atoms with van der Waals surface area (Å²) in [7, 11) is 1.47. The number of ketones is 1. The van der Waals surface area contributed by atoms with E-state index in [1.807, 2.05) is 12.1 Å². The van der Waals surface area contributed by atoms with E-state index in [1.54, 1.807) is 42.5 Å². The predicted octanol–water partition coefficient (Wildman–Crippen LogP) is 4.92. The van der Waals surface area contributed by atoms with Gasteiger partial charge in [-0.15, -0.1) is 0 Å². The highest BCUT2D eigenvalue weighted by atomic mass is 32.1. The monoisotopic (exact) mass is 497 g/mol. The molecule has 2 atom stereocenters. The Balaban J connectivity index is 1.89. The van der Waals surface area contributed by atoms with Gasteiger partial charge < -0.3 is 19.3 Å². The first-order valence-corrected chi connectivity index (χ1v) is 11.6. The minimum absolute atomic E-state index is 0.0436. The van der Waals surface area contributed by atoms with Gasteiger partial charge in [-0.2, -0.15) is 12.6 Å². The molecule has 2 N–H and O–H groups in total. The summed E-state index contributed by atoms with van der Waals surface area (Å²) in [5.41, 5.74) is 1.59. The number of hydrogen-bond acceptors (Lipinski definition) is 8. The number of rotatable bonds is 10. The lowest BCUT2D eigenvalue weighted by molar-refractivity contribution is -0.141. The number of phenolic OH excluding ortho intramolecular Hbond substituents is 1. The van der Waals surface area contributed by atoms with Gasteiger partial charge in [-0.3, -0.25) is 14.9 Å². The second-order valence-corrected chi connectivity index (χ2v) is 8.06. The molecule has 9 heteroatoms. The first kappa shape index (κ1) is 26.1. The van der Waals surface area contributed by atoms with E-state index in [9.17, 15) is 19.5 Å². The van der Waals surface area contributed by atoms with Gasteiger partial charge in [-0.05, 0) is 42.6 Å². The Morgan fingerprint density at radius 1 is 1.00 bits per heavy atom. The normalized spacial score (nSPS) is 12.5. The first-order chi connectivity index (χ1) is 16.8. The smallest absolute Gasteiger partial charge is 0.412 e. The van der Waals surface area contributed by atoms with Crippen LogP contribution in [0.15, 0.2) is 60.7 Å². The second-order valence-electron chi connectivity index (χ2n) is 7.75. The lowest BCUT2D eigenvalue weighted by Gasteiger charge is -2.27. The number of fused-ring (bicyclic) bond motifs is 1. The maximum absolute atomic E-state index is 12.9. The third-order valence-electron chi connectivity index (χ3n) is 5.45. The molecule has 0 bridgehead atoms. The summed E-state index contributed by atoms with van der Waals surface area (Å²) in [6.45, 7) is 1.50. The van der Waals surface area contributed by atoms with Crippen molar-refractivity contribution in [3.05, 3.63) is 71.8 Å². The molecule has 35 heavy (non-hydrogen) atoms. The fourth-order valence-electron chi connectivity index (χ4n) is 3.67. The minimum Gasteiger partial charge on any atom is -0.507 e. The molecule has 184 valence electrons. The van der Waals surface area contributed by atoms with Crippen LogP contribution in [-0.2, 0) is 19.0 Å². The van der Waals surface area contributed by atoms with Crippen LogP contribution in [0.25, 0.3) is 10.8 Å². The maximum atomic E-state index is 12.9. The number of phenols is 1.